The van der Waals surface area contributed by atoms with Crippen molar-refractivity contribution in [3.8, 4) is 0 Å². The molecule has 148 valence electrons. The van der Waals surface area contributed by atoms with Crippen molar-refractivity contribution in [1.82, 2.24) is 15.1 Å². The molecular formula is C22H29N5O. The molecule has 0 atom stereocenters. The van der Waals surface area contributed by atoms with Crippen molar-refractivity contribution in [2.45, 2.75) is 26.2 Å². The lowest BCUT2D eigenvalue weighted by molar-refractivity contribution is -0.116. The van der Waals surface area contributed by atoms with Crippen LogP contribution >= 0.6 is 0 Å². The zero-order chi connectivity index (χ0) is 19.6. The minimum absolute atomic E-state index is 0.000992. The number of unbranched alkanes of at least 4 members (excludes halogenated alkanes) is 1. The van der Waals surface area contributed by atoms with Gasteiger partial charge in [0.25, 0.3) is 0 Å². The summed E-state index contributed by atoms with van der Waals surface area (Å²) in [5.74, 6) is 1.39. The highest BCUT2D eigenvalue weighted by molar-refractivity contribution is 5.89. The minimum Gasteiger partial charge on any atom is -0.353 e. The third kappa shape index (κ3) is 6.16. The summed E-state index contributed by atoms with van der Waals surface area (Å²) < 4.78 is 0. The van der Waals surface area contributed by atoms with E-state index >= 15 is 0 Å². The fraction of sp³-hybridized carbons (Fsp3) is 0.409. The molecule has 28 heavy (non-hydrogen) atoms. The minimum atomic E-state index is 0.000992. The molecule has 0 unspecified atom stereocenters. The number of hydrogen-bond acceptors (Lipinski definition) is 5. The maximum Gasteiger partial charge on any atom is 0.225 e. The van der Waals surface area contributed by atoms with Crippen molar-refractivity contribution in [3.05, 3.63) is 54.1 Å². The number of carbonyl (C=O) groups excluding carboxylic acids is 1. The van der Waals surface area contributed by atoms with Gasteiger partial charge in [0.05, 0.1) is 0 Å². The van der Waals surface area contributed by atoms with E-state index in [0.717, 1.165) is 51.4 Å². The van der Waals surface area contributed by atoms with E-state index in [2.05, 4.69) is 68.7 Å². The Hall–Kier alpha value is -2.73. The first-order valence-corrected chi connectivity index (χ1v) is 10.1. The predicted octanol–water partition coefficient (Wildman–Crippen LogP) is 3.44. The molecule has 1 aliphatic rings. The van der Waals surface area contributed by atoms with Crippen LogP contribution in [-0.2, 0) is 4.79 Å². The SMILES string of the molecule is CCCCC(=O)Nc1ccc(N2CCN(C/C=C/c3ccccc3)CC2)nn1. The Morgan fingerprint density at radius 3 is 2.54 bits per heavy atom. The molecule has 1 fully saturated rings. The summed E-state index contributed by atoms with van der Waals surface area (Å²) >= 11 is 0. The number of piperazine rings is 1. The van der Waals surface area contributed by atoms with Gasteiger partial charge in [-0.25, -0.2) is 0 Å². The van der Waals surface area contributed by atoms with Gasteiger partial charge in [-0.3, -0.25) is 9.69 Å². The van der Waals surface area contributed by atoms with E-state index in [1.165, 1.54) is 5.56 Å². The molecule has 2 heterocycles. The van der Waals surface area contributed by atoms with Gasteiger partial charge >= 0.3 is 0 Å². The summed E-state index contributed by atoms with van der Waals surface area (Å²) in [7, 11) is 0. The second-order valence-electron chi connectivity index (χ2n) is 7.03. The lowest BCUT2D eigenvalue weighted by Crippen LogP contribution is -2.46. The van der Waals surface area contributed by atoms with Gasteiger partial charge < -0.3 is 10.2 Å². The van der Waals surface area contributed by atoms with E-state index in [1.807, 2.05) is 18.2 Å². The molecule has 2 aromatic rings. The van der Waals surface area contributed by atoms with Gasteiger partial charge in [-0.15, -0.1) is 10.2 Å². The zero-order valence-electron chi connectivity index (χ0n) is 16.6. The van der Waals surface area contributed by atoms with E-state index in [-0.39, 0.29) is 5.91 Å². The maximum atomic E-state index is 11.8. The van der Waals surface area contributed by atoms with E-state index in [9.17, 15) is 4.79 Å². The summed E-state index contributed by atoms with van der Waals surface area (Å²) in [5.41, 5.74) is 1.23. The van der Waals surface area contributed by atoms with E-state index in [4.69, 9.17) is 0 Å². The molecule has 0 bridgehead atoms. The van der Waals surface area contributed by atoms with Crippen LogP contribution in [0.4, 0.5) is 11.6 Å². The zero-order valence-corrected chi connectivity index (χ0v) is 16.6. The highest BCUT2D eigenvalue weighted by atomic mass is 16.1. The number of carbonyl (C=O) groups is 1. The first-order chi connectivity index (χ1) is 13.7. The van der Waals surface area contributed by atoms with Crippen molar-refractivity contribution in [2.24, 2.45) is 0 Å². The molecule has 1 saturated heterocycles. The van der Waals surface area contributed by atoms with Crippen molar-refractivity contribution in [2.75, 3.05) is 42.9 Å². The summed E-state index contributed by atoms with van der Waals surface area (Å²) in [6.45, 7) is 6.87. The molecule has 1 N–H and O–H groups in total. The lowest BCUT2D eigenvalue weighted by atomic mass is 10.2. The average Bonchev–Trinajstić information content (AvgIpc) is 2.74. The van der Waals surface area contributed by atoms with Crippen LogP contribution in [0, 0.1) is 0 Å². The topological polar surface area (TPSA) is 61.4 Å². The fourth-order valence-corrected chi connectivity index (χ4v) is 3.16. The summed E-state index contributed by atoms with van der Waals surface area (Å²) in [5, 5.41) is 11.3. The molecule has 0 radical (unpaired) electrons. The van der Waals surface area contributed by atoms with Gasteiger partial charge in [0.1, 0.15) is 0 Å². The third-order valence-corrected chi connectivity index (χ3v) is 4.85. The quantitative estimate of drug-likeness (QED) is 0.761. The summed E-state index contributed by atoms with van der Waals surface area (Å²) in [6, 6.07) is 14.1. The fourth-order valence-electron chi connectivity index (χ4n) is 3.16. The standard InChI is InChI=1S/C22H29N5O/c1-2-3-11-22(28)23-20-12-13-21(25-24-20)27-17-15-26(16-18-27)14-7-10-19-8-5-4-6-9-19/h4-10,12-13H,2-3,11,14-18H2,1H3,(H,23,24,28)/b10-7+. The van der Waals surface area contributed by atoms with Crippen molar-refractivity contribution in [3.63, 3.8) is 0 Å². The van der Waals surface area contributed by atoms with Gasteiger partial charge in [-0.2, -0.15) is 0 Å². The number of hydrogen-bond donors (Lipinski definition) is 1. The average molecular weight is 380 g/mol. The molecule has 1 aliphatic heterocycles. The molecule has 0 saturated carbocycles. The molecular weight excluding hydrogens is 350 g/mol. The summed E-state index contributed by atoms with van der Waals surface area (Å²) in [6.07, 6.45) is 6.82. The molecule has 6 heteroatoms. The largest absolute Gasteiger partial charge is 0.353 e. The Labute approximate surface area is 167 Å². The normalized spacial score (nSPS) is 15.1. The van der Waals surface area contributed by atoms with Crippen molar-refractivity contribution in [1.29, 1.82) is 0 Å². The summed E-state index contributed by atoms with van der Waals surface area (Å²) in [4.78, 5) is 16.4. The molecule has 1 aromatic carbocycles. The Kier molecular flexibility index (Phi) is 7.55. The van der Waals surface area contributed by atoms with Crippen LogP contribution in [-0.4, -0.2) is 53.7 Å². The smallest absolute Gasteiger partial charge is 0.225 e. The molecule has 1 amide bonds. The number of amides is 1. The second kappa shape index (κ2) is 10.6. The first kappa shape index (κ1) is 20.0. The van der Waals surface area contributed by atoms with Crippen LogP contribution in [0.2, 0.25) is 0 Å². The van der Waals surface area contributed by atoms with E-state index in [1.54, 1.807) is 0 Å². The first-order valence-electron chi connectivity index (χ1n) is 10.1. The Morgan fingerprint density at radius 2 is 1.86 bits per heavy atom. The van der Waals surface area contributed by atoms with E-state index < -0.39 is 0 Å². The van der Waals surface area contributed by atoms with Crippen molar-refractivity contribution < 1.29 is 4.79 Å². The Bertz CT molecular complexity index is 752. The van der Waals surface area contributed by atoms with Crippen LogP contribution in [0.15, 0.2) is 48.5 Å². The lowest BCUT2D eigenvalue weighted by Gasteiger charge is -2.34. The van der Waals surface area contributed by atoms with Crippen LogP contribution in [0.25, 0.3) is 6.08 Å². The van der Waals surface area contributed by atoms with Gasteiger partial charge in [0, 0.05) is 39.1 Å². The maximum absolute atomic E-state index is 11.8. The van der Waals surface area contributed by atoms with Crippen LogP contribution in [0.5, 0.6) is 0 Å². The van der Waals surface area contributed by atoms with Gasteiger partial charge in [-0.05, 0) is 24.1 Å². The Morgan fingerprint density at radius 1 is 1.07 bits per heavy atom. The number of rotatable bonds is 8. The van der Waals surface area contributed by atoms with Crippen LogP contribution in [0.1, 0.15) is 31.7 Å². The van der Waals surface area contributed by atoms with Crippen LogP contribution < -0.4 is 10.2 Å². The number of benzene rings is 1. The van der Waals surface area contributed by atoms with Gasteiger partial charge in [-0.1, -0.05) is 55.8 Å². The second-order valence-corrected chi connectivity index (χ2v) is 7.03. The highest BCUT2D eigenvalue weighted by Crippen LogP contribution is 2.15. The number of aromatic nitrogens is 2. The Balaban J connectivity index is 1.43. The number of nitrogens with one attached hydrogen (secondary N) is 1. The van der Waals surface area contributed by atoms with Gasteiger partial charge in [0.2, 0.25) is 5.91 Å². The van der Waals surface area contributed by atoms with Crippen LogP contribution in [0.3, 0.4) is 0 Å². The third-order valence-electron chi connectivity index (χ3n) is 4.85. The molecule has 3 rings (SSSR count). The molecule has 0 spiro atoms. The predicted molar refractivity (Wildman–Crippen MR) is 114 cm³/mol. The van der Waals surface area contributed by atoms with Gasteiger partial charge in [0.15, 0.2) is 11.6 Å². The highest BCUT2D eigenvalue weighted by Gasteiger charge is 2.17. The molecule has 1 aromatic heterocycles. The number of nitrogens with zero attached hydrogens (tertiary/aromatic N) is 4. The van der Waals surface area contributed by atoms with E-state index in [0.29, 0.717) is 12.2 Å². The van der Waals surface area contributed by atoms with Crippen molar-refractivity contribution >= 4 is 23.6 Å². The number of anilines is 2. The molecule has 0 aliphatic carbocycles. The monoisotopic (exact) mass is 379 g/mol. The molecule has 6 nitrogen and oxygen atoms in total.